The minimum atomic E-state index is -0.766. The number of nitrogens with zero attached hydrogens (tertiary/aromatic N) is 1. The molecule has 2 aliphatic rings. The van der Waals surface area contributed by atoms with E-state index in [4.69, 9.17) is 4.74 Å². The van der Waals surface area contributed by atoms with E-state index in [1.807, 2.05) is 25.9 Å². The Morgan fingerprint density at radius 3 is 2.61 bits per heavy atom. The van der Waals surface area contributed by atoms with E-state index < -0.39 is 12.1 Å². The zero-order valence-corrected chi connectivity index (χ0v) is 20.1. The van der Waals surface area contributed by atoms with Gasteiger partial charge in [0.15, 0.2) is 5.78 Å². The van der Waals surface area contributed by atoms with Gasteiger partial charge in [-0.25, -0.2) is 0 Å². The van der Waals surface area contributed by atoms with Crippen LogP contribution < -0.4 is 10.6 Å². The number of ether oxygens (including phenoxy) is 1. The summed E-state index contributed by atoms with van der Waals surface area (Å²) in [7, 11) is 3.76. The summed E-state index contributed by atoms with van der Waals surface area (Å²) >= 11 is 0. The van der Waals surface area contributed by atoms with Crippen molar-refractivity contribution in [2.24, 2.45) is 5.41 Å². The van der Waals surface area contributed by atoms with Crippen molar-refractivity contribution < 1.29 is 24.2 Å². The van der Waals surface area contributed by atoms with Crippen molar-refractivity contribution in [1.29, 1.82) is 0 Å². The van der Waals surface area contributed by atoms with Gasteiger partial charge in [-0.2, -0.15) is 0 Å². The number of hydrogen-bond acceptors (Lipinski definition) is 6. The van der Waals surface area contributed by atoms with Crippen LogP contribution in [0.2, 0.25) is 0 Å². The second kappa shape index (κ2) is 10.7. The van der Waals surface area contributed by atoms with Crippen molar-refractivity contribution in [1.82, 2.24) is 15.5 Å². The molecule has 1 aromatic rings. The third-order valence-electron chi connectivity index (χ3n) is 6.82. The van der Waals surface area contributed by atoms with Crippen LogP contribution in [0.3, 0.4) is 0 Å². The van der Waals surface area contributed by atoms with Gasteiger partial charge in [0, 0.05) is 17.7 Å². The van der Waals surface area contributed by atoms with E-state index >= 15 is 0 Å². The van der Waals surface area contributed by atoms with E-state index in [9.17, 15) is 19.5 Å². The highest BCUT2D eigenvalue weighted by molar-refractivity contribution is 5.99. The fourth-order valence-electron chi connectivity index (χ4n) is 4.93. The number of nitrogens with one attached hydrogen (secondary N) is 2. The van der Waals surface area contributed by atoms with Crippen molar-refractivity contribution in [2.75, 3.05) is 20.7 Å². The molecule has 2 amide bonds. The van der Waals surface area contributed by atoms with Crippen LogP contribution in [0.4, 0.5) is 0 Å². The number of hydrogen-bond donors (Lipinski definition) is 3. The number of phenolic OH excluding ortho intramolecular Hbond substituents is 1. The molecule has 1 saturated heterocycles. The maximum atomic E-state index is 13.3. The second-order valence-electron chi connectivity index (χ2n) is 10.0. The summed E-state index contributed by atoms with van der Waals surface area (Å²) in [4.78, 5) is 40.6. The lowest BCUT2D eigenvalue weighted by Gasteiger charge is -2.30. The van der Waals surface area contributed by atoms with Crippen molar-refractivity contribution in [3.05, 3.63) is 29.3 Å². The van der Waals surface area contributed by atoms with Crippen molar-refractivity contribution in [3.63, 3.8) is 0 Å². The summed E-state index contributed by atoms with van der Waals surface area (Å²) in [5.74, 6) is -0.749. The smallest absolute Gasteiger partial charge is 0.251 e. The van der Waals surface area contributed by atoms with E-state index in [1.165, 1.54) is 6.07 Å². The molecule has 182 valence electrons. The number of ketones is 1. The number of benzene rings is 1. The quantitative estimate of drug-likeness (QED) is 0.523. The summed E-state index contributed by atoms with van der Waals surface area (Å²) in [5.41, 5.74) is 0.974. The first-order chi connectivity index (χ1) is 15.6. The zero-order valence-electron chi connectivity index (χ0n) is 20.1. The molecule has 33 heavy (non-hydrogen) atoms. The van der Waals surface area contributed by atoms with Crippen LogP contribution in [0.25, 0.3) is 0 Å². The first kappa shape index (κ1) is 25.2. The zero-order chi connectivity index (χ0) is 24.2. The topological polar surface area (TPSA) is 108 Å². The Balaban J connectivity index is 1.78. The molecule has 1 saturated carbocycles. The average molecular weight is 460 g/mol. The van der Waals surface area contributed by atoms with E-state index in [0.29, 0.717) is 30.5 Å². The van der Waals surface area contributed by atoms with Gasteiger partial charge in [-0.15, -0.1) is 0 Å². The van der Waals surface area contributed by atoms with Crippen LogP contribution in [0.15, 0.2) is 18.2 Å². The monoisotopic (exact) mass is 459 g/mol. The molecule has 3 N–H and O–H groups in total. The molecule has 0 aromatic heterocycles. The summed E-state index contributed by atoms with van der Waals surface area (Å²) in [6.07, 6.45) is 5.00. The molecule has 3 rings (SSSR count). The minimum Gasteiger partial charge on any atom is -0.508 e. The van der Waals surface area contributed by atoms with Gasteiger partial charge in [0.25, 0.3) is 5.91 Å². The van der Waals surface area contributed by atoms with Gasteiger partial charge >= 0.3 is 0 Å². The van der Waals surface area contributed by atoms with E-state index in [2.05, 4.69) is 17.6 Å². The van der Waals surface area contributed by atoms with Crippen LogP contribution in [0.5, 0.6) is 5.75 Å². The Kier molecular flexibility index (Phi) is 8.13. The van der Waals surface area contributed by atoms with Crippen LogP contribution >= 0.6 is 0 Å². The fraction of sp³-hybridized carbons (Fsp3) is 0.640. The molecule has 1 aromatic carbocycles. The summed E-state index contributed by atoms with van der Waals surface area (Å²) in [6.45, 7) is 4.55. The van der Waals surface area contributed by atoms with Gasteiger partial charge in [0.05, 0.1) is 6.10 Å². The number of amides is 2. The maximum Gasteiger partial charge on any atom is 0.251 e. The molecule has 8 nitrogen and oxygen atoms in total. The van der Waals surface area contributed by atoms with Crippen LogP contribution in [-0.4, -0.2) is 66.5 Å². The minimum absolute atomic E-state index is 0.000352. The van der Waals surface area contributed by atoms with Gasteiger partial charge in [-0.3, -0.25) is 14.4 Å². The third kappa shape index (κ3) is 6.32. The highest BCUT2D eigenvalue weighted by Crippen LogP contribution is 2.41. The molecule has 0 bridgehead atoms. The maximum absolute atomic E-state index is 13.3. The Morgan fingerprint density at radius 1 is 1.27 bits per heavy atom. The van der Waals surface area contributed by atoms with E-state index in [-0.39, 0.29) is 41.5 Å². The lowest BCUT2D eigenvalue weighted by atomic mass is 9.81. The SMILES string of the molecule is CC[C@@H]1OCC(=O)[C@H]1NC(=O)[C@H](CC1(C)CCCC1)NC(=O)c1ccc(O)c(CN(C)C)c1. The summed E-state index contributed by atoms with van der Waals surface area (Å²) in [5, 5.41) is 15.9. The Bertz CT molecular complexity index is 879. The predicted octanol–water partition coefficient (Wildman–Crippen LogP) is 2.39. The fourth-order valence-corrected chi connectivity index (χ4v) is 4.93. The number of carbonyl (C=O) groups is 3. The molecule has 8 heteroatoms. The molecule has 2 fully saturated rings. The number of carbonyl (C=O) groups excluding carboxylic acids is 3. The number of phenols is 1. The normalized spacial score (nSPS) is 23.0. The Labute approximate surface area is 196 Å². The molecule has 1 aliphatic heterocycles. The molecule has 0 spiro atoms. The highest BCUT2D eigenvalue weighted by atomic mass is 16.5. The second-order valence-corrected chi connectivity index (χ2v) is 10.0. The molecular formula is C25H37N3O5. The van der Waals surface area contributed by atoms with Crippen LogP contribution in [0, 0.1) is 5.41 Å². The molecule has 0 radical (unpaired) electrons. The van der Waals surface area contributed by atoms with Gasteiger partial charge in [0.2, 0.25) is 5.91 Å². The van der Waals surface area contributed by atoms with E-state index in [1.54, 1.807) is 12.1 Å². The summed E-state index contributed by atoms with van der Waals surface area (Å²) < 4.78 is 5.49. The molecule has 1 heterocycles. The molecule has 0 unspecified atom stereocenters. The average Bonchev–Trinajstić information content (AvgIpc) is 3.34. The van der Waals surface area contributed by atoms with Crippen molar-refractivity contribution >= 4 is 17.6 Å². The number of aromatic hydroxyl groups is 1. The number of rotatable bonds is 9. The lowest BCUT2D eigenvalue weighted by Crippen LogP contribution is -2.54. The van der Waals surface area contributed by atoms with Crippen LogP contribution in [-0.2, 0) is 20.9 Å². The highest BCUT2D eigenvalue weighted by Gasteiger charge is 2.39. The summed E-state index contributed by atoms with van der Waals surface area (Å²) in [6, 6.07) is 3.26. The van der Waals surface area contributed by atoms with Crippen LogP contribution in [0.1, 0.15) is 68.3 Å². The molecule has 3 atom stereocenters. The predicted molar refractivity (Wildman–Crippen MR) is 125 cm³/mol. The largest absolute Gasteiger partial charge is 0.508 e. The third-order valence-corrected chi connectivity index (χ3v) is 6.82. The van der Waals surface area contributed by atoms with Crippen molar-refractivity contribution in [2.45, 2.75) is 77.1 Å². The van der Waals surface area contributed by atoms with E-state index in [0.717, 1.165) is 25.7 Å². The van der Waals surface area contributed by atoms with Gasteiger partial charge < -0.3 is 25.4 Å². The molecule has 1 aliphatic carbocycles. The van der Waals surface area contributed by atoms with Crippen molar-refractivity contribution in [3.8, 4) is 5.75 Å². The van der Waals surface area contributed by atoms with Gasteiger partial charge in [0.1, 0.15) is 24.4 Å². The first-order valence-corrected chi connectivity index (χ1v) is 11.8. The first-order valence-electron chi connectivity index (χ1n) is 11.8. The lowest BCUT2D eigenvalue weighted by molar-refractivity contribution is -0.128. The number of Topliss-reactive ketones (excluding diaryl/α,β-unsaturated/α-hetero) is 1. The molecular weight excluding hydrogens is 422 g/mol. The Morgan fingerprint density at radius 2 is 1.97 bits per heavy atom. The van der Waals surface area contributed by atoms with Gasteiger partial charge in [-0.1, -0.05) is 26.7 Å². The Hall–Kier alpha value is -2.45. The standard InChI is InChI=1S/C25H37N3O5/c1-5-21-22(20(30)15-33-21)27-24(32)18(13-25(2)10-6-7-11-25)26-23(31)16-8-9-19(29)17(12-16)14-28(3)4/h8-9,12,18,21-22,29H,5-7,10-11,13-15H2,1-4H3,(H,26,31)(H,27,32)/t18-,21-,22+/m0/s1. The van der Waals surface area contributed by atoms with Gasteiger partial charge in [-0.05, 0) is 63.4 Å².